The van der Waals surface area contributed by atoms with Crippen molar-refractivity contribution < 1.29 is 4.79 Å². The Bertz CT molecular complexity index is 480. The van der Waals surface area contributed by atoms with E-state index in [1.165, 1.54) is 11.0 Å². The molecule has 2 rings (SSSR count). The first kappa shape index (κ1) is 12.7. The van der Waals surface area contributed by atoms with E-state index in [1.807, 2.05) is 17.5 Å². The van der Waals surface area contributed by atoms with Crippen LogP contribution in [0.4, 0.5) is 0 Å². The van der Waals surface area contributed by atoms with Gasteiger partial charge in [-0.3, -0.25) is 4.79 Å². The predicted octanol–water partition coefficient (Wildman–Crippen LogP) is 1.25. The molecule has 1 unspecified atom stereocenters. The van der Waals surface area contributed by atoms with Gasteiger partial charge in [-0.1, -0.05) is 19.9 Å². The molecule has 1 amide bonds. The van der Waals surface area contributed by atoms with Gasteiger partial charge in [0.1, 0.15) is 12.9 Å². The van der Waals surface area contributed by atoms with Gasteiger partial charge in [-0.2, -0.15) is 0 Å². The fourth-order valence-electron chi connectivity index (χ4n) is 1.65. The Balaban J connectivity index is 1.99. The van der Waals surface area contributed by atoms with Gasteiger partial charge in [0.05, 0.1) is 6.04 Å². The number of nitrogens with one attached hydrogen (secondary N) is 1. The van der Waals surface area contributed by atoms with Crippen molar-refractivity contribution in [1.82, 2.24) is 25.5 Å². The molecule has 0 aliphatic carbocycles. The third-order valence-corrected chi connectivity index (χ3v) is 3.49. The van der Waals surface area contributed by atoms with Gasteiger partial charge in [0.2, 0.25) is 5.91 Å². The second-order valence-corrected chi connectivity index (χ2v) is 5.29. The number of carbonyl (C=O) groups excluding carboxylic acids is 1. The second kappa shape index (κ2) is 5.72. The molecule has 0 fully saturated rings. The van der Waals surface area contributed by atoms with Crippen LogP contribution in [0.3, 0.4) is 0 Å². The highest BCUT2D eigenvalue weighted by Gasteiger charge is 2.19. The first-order valence-electron chi connectivity index (χ1n) is 5.70. The average Bonchev–Trinajstić information content (AvgIpc) is 2.97. The van der Waals surface area contributed by atoms with E-state index in [9.17, 15) is 4.79 Å². The maximum absolute atomic E-state index is 11.9. The number of hydrogen-bond donors (Lipinski definition) is 1. The number of amides is 1. The topological polar surface area (TPSA) is 72.7 Å². The van der Waals surface area contributed by atoms with Gasteiger partial charge in [0.25, 0.3) is 0 Å². The van der Waals surface area contributed by atoms with Crippen LogP contribution in [-0.4, -0.2) is 26.1 Å². The Labute approximate surface area is 109 Å². The minimum absolute atomic E-state index is 0.0361. The summed E-state index contributed by atoms with van der Waals surface area (Å²) in [5.74, 6) is 0.246. The van der Waals surface area contributed by atoms with E-state index < -0.39 is 0 Å². The molecule has 0 aliphatic heterocycles. The molecule has 0 bridgehead atoms. The van der Waals surface area contributed by atoms with E-state index in [-0.39, 0.29) is 18.5 Å². The molecular formula is C11H15N5OS. The van der Waals surface area contributed by atoms with Crippen molar-refractivity contribution in [3.63, 3.8) is 0 Å². The lowest BCUT2D eigenvalue weighted by Crippen LogP contribution is -2.33. The molecule has 1 atom stereocenters. The average molecular weight is 265 g/mol. The van der Waals surface area contributed by atoms with Crippen LogP contribution >= 0.6 is 11.3 Å². The number of nitrogens with zero attached hydrogens (tertiary/aromatic N) is 4. The molecular weight excluding hydrogens is 250 g/mol. The first-order chi connectivity index (χ1) is 8.66. The Morgan fingerprint density at radius 1 is 1.56 bits per heavy atom. The van der Waals surface area contributed by atoms with Crippen LogP contribution in [0.1, 0.15) is 24.8 Å². The van der Waals surface area contributed by atoms with Crippen molar-refractivity contribution in [2.75, 3.05) is 0 Å². The Morgan fingerprint density at radius 3 is 2.94 bits per heavy atom. The van der Waals surface area contributed by atoms with Gasteiger partial charge in [0.15, 0.2) is 0 Å². The smallest absolute Gasteiger partial charge is 0.242 e. The summed E-state index contributed by atoms with van der Waals surface area (Å²) in [6.45, 7) is 4.31. The molecule has 0 spiro atoms. The monoisotopic (exact) mass is 265 g/mol. The predicted molar refractivity (Wildman–Crippen MR) is 67.9 cm³/mol. The number of carbonyl (C=O) groups is 1. The molecule has 18 heavy (non-hydrogen) atoms. The molecule has 0 aromatic carbocycles. The third kappa shape index (κ3) is 3.13. The minimum atomic E-state index is -0.0885. The fraction of sp³-hybridized carbons (Fsp3) is 0.455. The quantitative estimate of drug-likeness (QED) is 0.883. The molecule has 0 saturated carbocycles. The van der Waals surface area contributed by atoms with E-state index in [0.29, 0.717) is 5.92 Å². The van der Waals surface area contributed by atoms with E-state index in [4.69, 9.17) is 0 Å². The van der Waals surface area contributed by atoms with Crippen LogP contribution in [0.15, 0.2) is 23.8 Å². The Hall–Kier alpha value is -1.76. The highest BCUT2D eigenvalue weighted by Crippen LogP contribution is 2.25. The van der Waals surface area contributed by atoms with Crippen LogP contribution in [0.25, 0.3) is 0 Å². The largest absolute Gasteiger partial charge is 0.347 e. The van der Waals surface area contributed by atoms with E-state index in [2.05, 4.69) is 34.7 Å². The summed E-state index contributed by atoms with van der Waals surface area (Å²) >= 11 is 1.65. The van der Waals surface area contributed by atoms with Crippen molar-refractivity contribution in [3.05, 3.63) is 28.7 Å². The Morgan fingerprint density at radius 2 is 2.39 bits per heavy atom. The summed E-state index contributed by atoms with van der Waals surface area (Å²) in [5, 5.41) is 15.7. The third-order valence-electron chi connectivity index (χ3n) is 2.53. The zero-order valence-electron chi connectivity index (χ0n) is 10.3. The van der Waals surface area contributed by atoms with Gasteiger partial charge >= 0.3 is 0 Å². The van der Waals surface area contributed by atoms with Gasteiger partial charge < -0.3 is 5.32 Å². The minimum Gasteiger partial charge on any atom is -0.347 e. The molecule has 96 valence electrons. The molecule has 6 nitrogen and oxygen atoms in total. The lowest BCUT2D eigenvalue weighted by atomic mass is 10.0. The van der Waals surface area contributed by atoms with Gasteiger partial charge in [0, 0.05) is 4.88 Å². The second-order valence-electron chi connectivity index (χ2n) is 4.31. The molecule has 2 heterocycles. The maximum atomic E-state index is 11.9. The number of rotatable bonds is 5. The Kier molecular flexibility index (Phi) is 4.03. The SMILES string of the molecule is CC(C)C(NC(=O)Cn1cnnn1)c1cccs1. The standard InChI is InChI=1S/C11H15N5OS/c1-8(2)11(9-4-3-5-18-9)13-10(17)6-16-7-12-14-15-16/h3-5,7-8,11H,6H2,1-2H3,(H,13,17). The maximum Gasteiger partial charge on any atom is 0.242 e. The van der Waals surface area contributed by atoms with E-state index >= 15 is 0 Å². The van der Waals surface area contributed by atoms with Gasteiger partial charge in [-0.25, -0.2) is 4.68 Å². The molecule has 2 aromatic rings. The molecule has 7 heteroatoms. The number of hydrogen-bond acceptors (Lipinski definition) is 5. The number of tetrazole rings is 1. The van der Waals surface area contributed by atoms with Crippen molar-refractivity contribution in [1.29, 1.82) is 0 Å². The van der Waals surface area contributed by atoms with Gasteiger partial charge in [-0.15, -0.1) is 16.4 Å². The molecule has 2 aromatic heterocycles. The van der Waals surface area contributed by atoms with Crippen LogP contribution in [0, 0.1) is 5.92 Å². The van der Waals surface area contributed by atoms with Crippen molar-refractivity contribution in [3.8, 4) is 0 Å². The zero-order chi connectivity index (χ0) is 13.0. The summed E-state index contributed by atoms with van der Waals surface area (Å²) in [6.07, 6.45) is 1.43. The lowest BCUT2D eigenvalue weighted by molar-refractivity contribution is -0.122. The van der Waals surface area contributed by atoms with E-state index in [0.717, 1.165) is 4.88 Å². The fourth-order valence-corrected chi connectivity index (χ4v) is 2.60. The molecule has 0 radical (unpaired) electrons. The van der Waals surface area contributed by atoms with Crippen LogP contribution in [0.5, 0.6) is 0 Å². The summed E-state index contributed by atoms with van der Waals surface area (Å²) < 4.78 is 1.40. The molecule has 1 N–H and O–H groups in total. The van der Waals surface area contributed by atoms with Crippen molar-refractivity contribution in [2.45, 2.75) is 26.4 Å². The molecule has 0 aliphatic rings. The van der Waals surface area contributed by atoms with E-state index in [1.54, 1.807) is 11.3 Å². The van der Waals surface area contributed by atoms with Crippen molar-refractivity contribution in [2.24, 2.45) is 5.92 Å². The summed E-state index contributed by atoms with van der Waals surface area (Å²) in [6, 6.07) is 4.06. The summed E-state index contributed by atoms with van der Waals surface area (Å²) in [4.78, 5) is 13.1. The number of thiophene rings is 1. The zero-order valence-corrected chi connectivity index (χ0v) is 11.1. The summed E-state index contributed by atoms with van der Waals surface area (Å²) in [7, 11) is 0. The van der Waals surface area contributed by atoms with Gasteiger partial charge in [-0.05, 0) is 27.8 Å². The highest BCUT2D eigenvalue weighted by atomic mass is 32.1. The molecule has 0 saturated heterocycles. The highest BCUT2D eigenvalue weighted by molar-refractivity contribution is 7.10. The van der Waals surface area contributed by atoms with Crippen LogP contribution in [0.2, 0.25) is 0 Å². The normalized spacial score (nSPS) is 12.6. The van der Waals surface area contributed by atoms with Crippen LogP contribution < -0.4 is 5.32 Å². The van der Waals surface area contributed by atoms with Crippen LogP contribution in [-0.2, 0) is 11.3 Å². The summed E-state index contributed by atoms with van der Waals surface area (Å²) in [5.41, 5.74) is 0. The number of aromatic nitrogens is 4. The van der Waals surface area contributed by atoms with Crippen molar-refractivity contribution >= 4 is 17.2 Å². The lowest BCUT2D eigenvalue weighted by Gasteiger charge is -2.21. The first-order valence-corrected chi connectivity index (χ1v) is 6.58.